The first-order chi connectivity index (χ1) is 28.8. The number of nitrogens with zero attached hydrogens (tertiary/aromatic N) is 5. The first kappa shape index (κ1) is 33.5. The molecule has 274 valence electrons. The third kappa shape index (κ3) is 5.30. The molecule has 0 spiro atoms. The maximum absolute atomic E-state index is 7.02. The largest absolute Gasteiger partial charge is 0.454 e. The normalized spacial score (nSPS) is 12.5. The van der Waals surface area contributed by atoms with E-state index >= 15 is 0 Å². The number of aromatic nitrogens is 2. The molecule has 11 aromatic rings. The van der Waals surface area contributed by atoms with Crippen LogP contribution in [-0.2, 0) is 6.54 Å². The molecule has 0 saturated heterocycles. The Morgan fingerprint density at radius 3 is 1.78 bits per heavy atom. The van der Waals surface area contributed by atoms with Crippen LogP contribution in [-0.4, -0.2) is 27.5 Å². The van der Waals surface area contributed by atoms with Crippen molar-refractivity contribution in [3.8, 4) is 11.4 Å². The Morgan fingerprint density at radius 1 is 0.483 bits per heavy atom. The predicted octanol–water partition coefficient (Wildman–Crippen LogP) is 12.9. The number of fused-ring (bicyclic) bond motifs is 12. The monoisotopic (exact) mass is 745 g/mol. The number of rotatable bonds is 6. The van der Waals surface area contributed by atoms with Crippen LogP contribution in [0.5, 0.6) is 0 Å². The van der Waals surface area contributed by atoms with E-state index in [-0.39, 0.29) is 0 Å². The summed E-state index contributed by atoms with van der Waals surface area (Å²) in [7, 11) is 0. The van der Waals surface area contributed by atoms with E-state index in [4.69, 9.17) is 14.4 Å². The summed E-state index contributed by atoms with van der Waals surface area (Å²) in [5, 5.41) is 6.80. The summed E-state index contributed by atoms with van der Waals surface area (Å²) in [6.07, 6.45) is 0. The molecule has 0 amide bonds. The average molecular weight is 746 g/mol. The number of para-hydroxylation sites is 4. The van der Waals surface area contributed by atoms with Gasteiger partial charge in [0.2, 0.25) is 0 Å². The molecule has 0 aliphatic rings. The highest BCUT2D eigenvalue weighted by atomic mass is 16.3. The zero-order valence-corrected chi connectivity index (χ0v) is 31.5. The number of benzene rings is 8. The van der Waals surface area contributed by atoms with Crippen molar-refractivity contribution in [1.82, 2.24) is 9.13 Å². The first-order valence-corrected chi connectivity index (χ1v) is 19.4. The van der Waals surface area contributed by atoms with E-state index in [0.29, 0.717) is 18.2 Å². The SMILES string of the molecule is C=NC(=NC(=NCc1ccccc1)c1cccc(-n2c3ccccc3c3c2c2oc4ccccc4c2c2c4ccccc4n(-c4ccccc4)c23)c1)c1ccccc1. The molecule has 8 aromatic carbocycles. The number of furan rings is 1. The highest BCUT2D eigenvalue weighted by molar-refractivity contribution is 6.39. The average Bonchev–Trinajstić information content (AvgIpc) is 3.96. The highest BCUT2D eigenvalue weighted by Crippen LogP contribution is 2.49. The van der Waals surface area contributed by atoms with Crippen molar-refractivity contribution >= 4 is 83.9 Å². The quantitative estimate of drug-likeness (QED) is 0.123. The van der Waals surface area contributed by atoms with Gasteiger partial charge in [0.05, 0.1) is 28.6 Å². The van der Waals surface area contributed by atoms with Crippen LogP contribution in [0.25, 0.3) is 76.9 Å². The second kappa shape index (κ2) is 13.7. The molecular formula is C52H35N5O. The van der Waals surface area contributed by atoms with Crippen LogP contribution < -0.4 is 0 Å². The molecule has 0 N–H and O–H groups in total. The third-order valence-corrected chi connectivity index (χ3v) is 11.1. The molecule has 58 heavy (non-hydrogen) atoms. The van der Waals surface area contributed by atoms with Crippen LogP contribution >= 0.6 is 0 Å². The molecule has 0 radical (unpaired) electrons. The number of amidine groups is 2. The third-order valence-electron chi connectivity index (χ3n) is 11.1. The molecule has 3 aromatic heterocycles. The maximum atomic E-state index is 7.02. The van der Waals surface area contributed by atoms with E-state index in [9.17, 15) is 0 Å². The van der Waals surface area contributed by atoms with Gasteiger partial charge in [-0.1, -0.05) is 146 Å². The minimum Gasteiger partial charge on any atom is -0.454 e. The molecule has 0 fully saturated rings. The van der Waals surface area contributed by atoms with Gasteiger partial charge in [0.1, 0.15) is 5.58 Å². The molecule has 6 nitrogen and oxygen atoms in total. The fourth-order valence-corrected chi connectivity index (χ4v) is 8.60. The van der Waals surface area contributed by atoms with Crippen LogP contribution in [0, 0.1) is 0 Å². The van der Waals surface area contributed by atoms with Gasteiger partial charge in [-0.2, -0.15) is 0 Å². The Labute approximate surface area is 334 Å². The van der Waals surface area contributed by atoms with E-state index < -0.39 is 0 Å². The van der Waals surface area contributed by atoms with Gasteiger partial charge in [-0.05, 0) is 54.7 Å². The number of hydrogen-bond donors (Lipinski definition) is 0. The van der Waals surface area contributed by atoms with Gasteiger partial charge in [0.25, 0.3) is 0 Å². The van der Waals surface area contributed by atoms with Gasteiger partial charge in [-0.3, -0.25) is 4.99 Å². The van der Waals surface area contributed by atoms with Crippen molar-refractivity contribution in [3.63, 3.8) is 0 Å². The second-order valence-electron chi connectivity index (χ2n) is 14.4. The Morgan fingerprint density at radius 2 is 1.05 bits per heavy atom. The minimum atomic E-state index is 0.458. The summed E-state index contributed by atoms with van der Waals surface area (Å²) in [5.74, 6) is 1.08. The summed E-state index contributed by atoms with van der Waals surface area (Å²) in [4.78, 5) is 14.6. The number of hydrogen-bond acceptors (Lipinski definition) is 2. The summed E-state index contributed by atoms with van der Waals surface area (Å²) in [6.45, 7) is 4.35. The molecule has 3 heterocycles. The molecule has 0 aliphatic carbocycles. The van der Waals surface area contributed by atoms with Gasteiger partial charge in [-0.15, -0.1) is 0 Å². The molecule has 0 aliphatic heterocycles. The molecule has 0 bridgehead atoms. The van der Waals surface area contributed by atoms with Crippen molar-refractivity contribution in [3.05, 3.63) is 205 Å². The lowest BCUT2D eigenvalue weighted by atomic mass is 10.0. The van der Waals surface area contributed by atoms with Crippen molar-refractivity contribution in [2.75, 3.05) is 0 Å². The topological polar surface area (TPSA) is 60.1 Å². The van der Waals surface area contributed by atoms with Gasteiger partial charge in [0, 0.05) is 54.8 Å². The summed E-state index contributed by atoms with van der Waals surface area (Å²) >= 11 is 0. The Bertz CT molecular complexity index is 3430. The van der Waals surface area contributed by atoms with Crippen LogP contribution in [0.4, 0.5) is 0 Å². The Hall–Kier alpha value is -7.83. The lowest BCUT2D eigenvalue weighted by Gasteiger charge is -2.12. The second-order valence-corrected chi connectivity index (χ2v) is 14.4. The standard InChI is InChI=1S/C52H35N5O/c1-53-51(35-20-7-3-8-21-35)55-52(54-33-34-18-5-2-6-19-34)36-22-17-25-38(32-36)57-43-30-15-12-27-40(43)47-48-45(46-41-28-13-16-31-44(41)58-50(46)49(47)57)39-26-11-14-29-42(39)56(48)37-23-9-4-10-24-37/h2-32H,1,33H2. The molecular weight excluding hydrogens is 711 g/mol. The first-order valence-electron chi connectivity index (χ1n) is 19.4. The molecule has 11 rings (SSSR count). The van der Waals surface area contributed by atoms with Crippen molar-refractivity contribution in [1.29, 1.82) is 0 Å². The molecule has 0 saturated carbocycles. The lowest BCUT2D eigenvalue weighted by molar-refractivity contribution is 0.671. The van der Waals surface area contributed by atoms with E-state index in [1.165, 1.54) is 10.8 Å². The number of aliphatic imine (C=N–C) groups is 3. The van der Waals surface area contributed by atoms with Crippen molar-refractivity contribution in [2.45, 2.75) is 6.54 Å². The summed E-state index contributed by atoms with van der Waals surface area (Å²) < 4.78 is 11.8. The Kier molecular flexibility index (Phi) is 7.93. The van der Waals surface area contributed by atoms with Crippen LogP contribution in [0.3, 0.4) is 0 Å². The zero-order chi connectivity index (χ0) is 38.6. The summed E-state index contributed by atoms with van der Waals surface area (Å²) in [5.41, 5.74) is 10.9. The Balaban J connectivity index is 1.25. The molecule has 6 heteroatoms. The van der Waals surface area contributed by atoms with Crippen molar-refractivity contribution in [2.24, 2.45) is 15.0 Å². The van der Waals surface area contributed by atoms with Gasteiger partial charge in [0.15, 0.2) is 17.3 Å². The van der Waals surface area contributed by atoms with Crippen molar-refractivity contribution < 1.29 is 4.42 Å². The van der Waals surface area contributed by atoms with Crippen LogP contribution in [0.2, 0.25) is 0 Å². The fourth-order valence-electron chi connectivity index (χ4n) is 8.60. The van der Waals surface area contributed by atoms with E-state index in [2.05, 4.69) is 154 Å². The van der Waals surface area contributed by atoms with E-state index in [1.807, 2.05) is 54.6 Å². The van der Waals surface area contributed by atoms with Gasteiger partial charge in [-0.25, -0.2) is 9.98 Å². The molecule has 0 atom stereocenters. The fraction of sp³-hybridized carbons (Fsp3) is 0.0192. The zero-order valence-electron chi connectivity index (χ0n) is 31.5. The lowest BCUT2D eigenvalue weighted by Crippen LogP contribution is -2.06. The van der Waals surface area contributed by atoms with Crippen LogP contribution in [0.15, 0.2) is 207 Å². The highest BCUT2D eigenvalue weighted by Gasteiger charge is 2.27. The van der Waals surface area contributed by atoms with Gasteiger partial charge < -0.3 is 13.6 Å². The summed E-state index contributed by atoms with van der Waals surface area (Å²) in [6, 6.07) is 65.1. The van der Waals surface area contributed by atoms with E-state index in [0.717, 1.165) is 82.8 Å². The smallest absolute Gasteiger partial charge is 0.161 e. The van der Waals surface area contributed by atoms with Gasteiger partial charge >= 0.3 is 0 Å². The maximum Gasteiger partial charge on any atom is 0.161 e. The van der Waals surface area contributed by atoms with Crippen LogP contribution in [0.1, 0.15) is 16.7 Å². The molecule has 0 unspecified atom stereocenters. The minimum absolute atomic E-state index is 0.458. The van der Waals surface area contributed by atoms with E-state index in [1.54, 1.807) is 0 Å². The predicted molar refractivity (Wildman–Crippen MR) is 242 cm³/mol.